The molecule has 1 saturated heterocycles. The van der Waals surface area contributed by atoms with Gasteiger partial charge in [0.25, 0.3) is 11.8 Å². The summed E-state index contributed by atoms with van der Waals surface area (Å²) in [5, 5.41) is 2.60. The van der Waals surface area contributed by atoms with Gasteiger partial charge in [0.2, 0.25) is 10.0 Å². The van der Waals surface area contributed by atoms with E-state index in [0.29, 0.717) is 29.9 Å². The van der Waals surface area contributed by atoms with E-state index in [1.165, 1.54) is 0 Å². The molecule has 30 heavy (non-hydrogen) atoms. The Hall–Kier alpha value is -2.78. The highest BCUT2D eigenvalue weighted by atomic mass is 32.2. The first-order valence-corrected chi connectivity index (χ1v) is 11.2. The van der Waals surface area contributed by atoms with Crippen LogP contribution in [0.3, 0.4) is 0 Å². The number of carbonyl (C=O) groups excluding carboxylic acids is 2. The van der Waals surface area contributed by atoms with Crippen molar-refractivity contribution in [2.24, 2.45) is 0 Å². The lowest BCUT2D eigenvalue weighted by atomic mass is 10.0. The lowest BCUT2D eigenvalue weighted by Crippen LogP contribution is -2.28. The molecule has 1 aliphatic heterocycles. The minimum Gasteiger partial charge on any atom is -0.339 e. The van der Waals surface area contributed by atoms with Crippen LogP contribution in [-0.2, 0) is 10.0 Å². The first-order chi connectivity index (χ1) is 14.2. The summed E-state index contributed by atoms with van der Waals surface area (Å²) in [6.45, 7) is 4.90. The van der Waals surface area contributed by atoms with Crippen molar-refractivity contribution in [1.29, 1.82) is 0 Å². The highest BCUT2D eigenvalue weighted by Crippen LogP contribution is 2.24. The molecule has 7 nitrogen and oxygen atoms in total. The summed E-state index contributed by atoms with van der Waals surface area (Å²) in [4.78, 5) is 27.0. The first kappa shape index (κ1) is 21.9. The molecule has 2 amide bonds. The lowest BCUT2D eigenvalue weighted by Gasteiger charge is -2.18. The molecule has 1 heterocycles. The van der Waals surface area contributed by atoms with Gasteiger partial charge in [0.15, 0.2) is 0 Å². The molecule has 0 aliphatic carbocycles. The van der Waals surface area contributed by atoms with Gasteiger partial charge in [-0.15, -0.1) is 0 Å². The van der Waals surface area contributed by atoms with Crippen molar-refractivity contribution in [2.75, 3.05) is 25.0 Å². The molecular weight excluding hydrogens is 409 g/mol. The third kappa shape index (κ3) is 4.52. The van der Waals surface area contributed by atoms with E-state index in [2.05, 4.69) is 10.0 Å². The molecule has 0 spiro atoms. The Morgan fingerprint density at radius 1 is 1.10 bits per heavy atom. The van der Waals surface area contributed by atoms with Crippen LogP contribution in [0.1, 0.15) is 46.0 Å². The van der Waals surface area contributed by atoms with Crippen molar-refractivity contribution >= 4 is 27.5 Å². The molecule has 3 rings (SSSR count). The molecule has 1 aliphatic rings. The smallest absolute Gasteiger partial charge is 0.258 e. The number of nitrogens with one attached hydrogen (secondary N) is 2. The summed E-state index contributed by atoms with van der Waals surface area (Å²) in [6.07, 6.45) is 1.93. The molecule has 0 radical (unpaired) electrons. The van der Waals surface area contributed by atoms with Crippen LogP contribution in [0.2, 0.25) is 0 Å². The summed E-state index contributed by atoms with van der Waals surface area (Å²) >= 11 is 0. The van der Waals surface area contributed by atoms with E-state index in [1.54, 1.807) is 36.9 Å². The van der Waals surface area contributed by atoms with Crippen LogP contribution in [0.15, 0.2) is 41.3 Å². The second kappa shape index (κ2) is 8.93. The average Bonchev–Trinajstić information content (AvgIpc) is 3.24. The van der Waals surface area contributed by atoms with Crippen molar-refractivity contribution in [3.63, 3.8) is 0 Å². The Kier molecular flexibility index (Phi) is 6.52. The molecule has 1 fully saturated rings. The third-order valence-electron chi connectivity index (χ3n) is 5.03. The Labute approximate surface area is 175 Å². The molecule has 160 valence electrons. The second-order valence-electron chi connectivity index (χ2n) is 7.07. The predicted molar refractivity (Wildman–Crippen MR) is 112 cm³/mol. The van der Waals surface area contributed by atoms with Crippen LogP contribution < -0.4 is 10.0 Å². The number of anilines is 1. The molecule has 0 bridgehead atoms. The summed E-state index contributed by atoms with van der Waals surface area (Å²) in [7, 11) is -3.84. The van der Waals surface area contributed by atoms with Crippen LogP contribution in [0.25, 0.3) is 0 Å². The maximum Gasteiger partial charge on any atom is 0.258 e. The number of halogens is 1. The summed E-state index contributed by atoms with van der Waals surface area (Å²) in [5.41, 5.74) is 1.01. The third-order valence-corrected chi connectivity index (χ3v) is 6.58. The van der Waals surface area contributed by atoms with Gasteiger partial charge in [0, 0.05) is 30.9 Å². The van der Waals surface area contributed by atoms with Gasteiger partial charge in [0.05, 0.1) is 10.5 Å². The van der Waals surface area contributed by atoms with Crippen molar-refractivity contribution in [3.8, 4) is 0 Å². The normalized spacial score (nSPS) is 14.0. The van der Waals surface area contributed by atoms with E-state index in [0.717, 1.165) is 31.0 Å². The molecule has 2 aromatic rings. The Morgan fingerprint density at radius 2 is 1.80 bits per heavy atom. The Bertz CT molecular complexity index is 1080. The maximum absolute atomic E-state index is 14.3. The number of benzene rings is 2. The van der Waals surface area contributed by atoms with Gasteiger partial charge in [-0.1, -0.05) is 13.0 Å². The van der Waals surface area contributed by atoms with E-state index in [9.17, 15) is 22.4 Å². The van der Waals surface area contributed by atoms with Crippen LogP contribution in [0, 0.1) is 12.7 Å². The molecule has 0 aromatic heterocycles. The molecular formula is C21H24FN3O4S. The van der Waals surface area contributed by atoms with Crippen molar-refractivity contribution in [3.05, 3.63) is 58.9 Å². The number of carbonyl (C=O) groups is 2. The van der Waals surface area contributed by atoms with E-state index in [-0.39, 0.29) is 17.3 Å². The monoisotopic (exact) mass is 433 g/mol. The summed E-state index contributed by atoms with van der Waals surface area (Å²) in [6, 6.07) is 8.00. The maximum atomic E-state index is 14.3. The number of sulfonamides is 1. The standard InChI is InChI=1S/C21H24FN3O4S/c1-3-23-30(28,29)15-9-10-18(22)17(13-15)20(26)24-19-8-6-7-16(14(19)2)21(27)25-11-4-5-12-25/h6-10,13,23H,3-5,11-12H2,1-2H3,(H,24,26). The SMILES string of the molecule is CCNS(=O)(=O)c1ccc(F)c(C(=O)Nc2cccc(C(=O)N3CCCC3)c2C)c1. The fourth-order valence-electron chi connectivity index (χ4n) is 3.40. The van der Waals surface area contributed by atoms with Crippen LogP contribution in [0.5, 0.6) is 0 Å². The van der Waals surface area contributed by atoms with E-state index in [1.807, 2.05) is 0 Å². The number of likely N-dealkylation sites (tertiary alicyclic amines) is 1. The van der Waals surface area contributed by atoms with Crippen LogP contribution >= 0.6 is 0 Å². The molecule has 9 heteroatoms. The van der Waals surface area contributed by atoms with Crippen molar-refractivity contribution in [1.82, 2.24) is 9.62 Å². The number of amides is 2. The second-order valence-corrected chi connectivity index (χ2v) is 8.84. The highest BCUT2D eigenvalue weighted by Gasteiger charge is 2.23. The molecule has 0 unspecified atom stereocenters. The Morgan fingerprint density at radius 3 is 2.47 bits per heavy atom. The molecule has 2 aromatic carbocycles. The minimum atomic E-state index is -3.84. The van der Waals surface area contributed by atoms with E-state index < -0.39 is 27.3 Å². The van der Waals surface area contributed by atoms with Crippen LogP contribution in [0.4, 0.5) is 10.1 Å². The van der Waals surface area contributed by atoms with Gasteiger partial charge in [0.1, 0.15) is 5.82 Å². The van der Waals surface area contributed by atoms with Gasteiger partial charge >= 0.3 is 0 Å². The number of nitrogens with zero attached hydrogens (tertiary/aromatic N) is 1. The van der Waals surface area contributed by atoms with Crippen molar-refractivity contribution < 1.29 is 22.4 Å². The topological polar surface area (TPSA) is 95.6 Å². The highest BCUT2D eigenvalue weighted by molar-refractivity contribution is 7.89. The fraction of sp³-hybridized carbons (Fsp3) is 0.333. The van der Waals surface area contributed by atoms with Crippen molar-refractivity contribution in [2.45, 2.75) is 31.6 Å². The minimum absolute atomic E-state index is 0.106. The van der Waals surface area contributed by atoms with E-state index in [4.69, 9.17) is 0 Å². The van der Waals surface area contributed by atoms with Gasteiger partial charge in [-0.3, -0.25) is 9.59 Å². The molecule has 2 N–H and O–H groups in total. The zero-order valence-electron chi connectivity index (χ0n) is 16.9. The summed E-state index contributed by atoms with van der Waals surface area (Å²) in [5.74, 6) is -1.74. The average molecular weight is 434 g/mol. The number of hydrogen-bond acceptors (Lipinski definition) is 4. The molecule has 0 atom stereocenters. The zero-order chi connectivity index (χ0) is 21.9. The predicted octanol–water partition coefficient (Wildman–Crippen LogP) is 2.92. The summed E-state index contributed by atoms with van der Waals surface area (Å²) < 4.78 is 40.9. The van der Waals surface area contributed by atoms with E-state index >= 15 is 0 Å². The lowest BCUT2D eigenvalue weighted by molar-refractivity contribution is 0.0791. The fourth-order valence-corrected chi connectivity index (χ4v) is 4.47. The largest absolute Gasteiger partial charge is 0.339 e. The molecule has 0 saturated carbocycles. The van der Waals surface area contributed by atoms with Crippen LogP contribution in [-0.4, -0.2) is 44.8 Å². The first-order valence-electron chi connectivity index (χ1n) is 9.74. The number of hydrogen-bond donors (Lipinski definition) is 2. The number of rotatable bonds is 6. The van der Waals surface area contributed by atoms with Gasteiger partial charge in [-0.25, -0.2) is 17.5 Å². The van der Waals surface area contributed by atoms with Gasteiger partial charge in [-0.05, 0) is 55.7 Å². The van der Waals surface area contributed by atoms with Gasteiger partial charge < -0.3 is 10.2 Å². The zero-order valence-corrected chi connectivity index (χ0v) is 17.7. The van der Waals surface area contributed by atoms with Gasteiger partial charge in [-0.2, -0.15) is 0 Å². The Balaban J connectivity index is 1.88. The quantitative estimate of drug-likeness (QED) is 0.732.